The van der Waals surface area contributed by atoms with E-state index in [0.717, 1.165) is 5.56 Å². The number of halogens is 1. The highest BCUT2D eigenvalue weighted by Gasteiger charge is 2.07. The minimum atomic E-state index is -0.0827. The van der Waals surface area contributed by atoms with Gasteiger partial charge < -0.3 is 10.5 Å². The molecule has 2 aromatic carbocycles. The Balaban J connectivity index is 2.14. The second kappa shape index (κ2) is 5.76. The van der Waals surface area contributed by atoms with Gasteiger partial charge in [-0.15, -0.1) is 0 Å². The Morgan fingerprint density at radius 3 is 2.68 bits per heavy atom. The molecule has 2 rings (SSSR count). The smallest absolute Gasteiger partial charge is 0.162 e. The number of nitrogen functional groups attached to an aromatic ring is 1. The van der Waals surface area contributed by atoms with Crippen molar-refractivity contribution in [2.45, 2.75) is 13.5 Å². The van der Waals surface area contributed by atoms with E-state index in [2.05, 4.69) is 0 Å². The van der Waals surface area contributed by atoms with E-state index >= 15 is 0 Å². The number of carbonyl (C=O) groups excluding carboxylic acids is 1. The Morgan fingerprint density at radius 2 is 2.00 bits per heavy atom. The maximum Gasteiger partial charge on any atom is 0.162 e. The van der Waals surface area contributed by atoms with Crippen LogP contribution in [0.4, 0.5) is 5.69 Å². The molecule has 0 radical (unpaired) electrons. The van der Waals surface area contributed by atoms with Crippen molar-refractivity contribution in [3.05, 3.63) is 58.6 Å². The van der Waals surface area contributed by atoms with E-state index in [4.69, 9.17) is 22.1 Å². The first kappa shape index (κ1) is 13.4. The van der Waals surface area contributed by atoms with Crippen LogP contribution in [0.1, 0.15) is 22.8 Å². The first-order valence-electron chi connectivity index (χ1n) is 5.84. The summed E-state index contributed by atoms with van der Waals surface area (Å²) in [4.78, 5) is 11.4. The molecule has 19 heavy (non-hydrogen) atoms. The summed E-state index contributed by atoms with van der Waals surface area (Å²) >= 11 is 6.04. The molecule has 0 aliphatic heterocycles. The van der Waals surface area contributed by atoms with Crippen LogP contribution in [-0.4, -0.2) is 5.78 Å². The number of ketones is 1. The van der Waals surface area contributed by atoms with Crippen molar-refractivity contribution in [1.82, 2.24) is 0 Å². The van der Waals surface area contributed by atoms with Crippen LogP contribution in [0.3, 0.4) is 0 Å². The van der Waals surface area contributed by atoms with Crippen molar-refractivity contribution in [3.8, 4) is 5.75 Å². The number of rotatable bonds is 4. The number of carbonyl (C=O) groups is 1. The normalized spacial score (nSPS) is 10.2. The highest BCUT2D eigenvalue weighted by Crippen LogP contribution is 2.22. The van der Waals surface area contributed by atoms with Gasteiger partial charge in [0.15, 0.2) is 5.78 Å². The molecular weight excluding hydrogens is 262 g/mol. The third-order valence-corrected chi connectivity index (χ3v) is 3.12. The second-order valence-corrected chi connectivity index (χ2v) is 4.59. The molecule has 2 aromatic rings. The van der Waals surface area contributed by atoms with E-state index < -0.39 is 0 Å². The standard InChI is InChI=1S/C15H14ClNO2/c1-10(18)13-8-12(6-7-15(13)17)19-9-11-4-2-3-5-14(11)16/h2-8H,9,17H2,1H3. The van der Waals surface area contributed by atoms with Gasteiger partial charge in [-0.05, 0) is 31.2 Å². The molecule has 0 spiro atoms. The van der Waals surface area contributed by atoms with Gasteiger partial charge in [0.1, 0.15) is 12.4 Å². The summed E-state index contributed by atoms with van der Waals surface area (Å²) in [6.07, 6.45) is 0. The van der Waals surface area contributed by atoms with Gasteiger partial charge in [0.25, 0.3) is 0 Å². The first-order chi connectivity index (χ1) is 9.08. The lowest BCUT2D eigenvalue weighted by molar-refractivity contribution is 0.101. The van der Waals surface area contributed by atoms with Crippen molar-refractivity contribution in [2.24, 2.45) is 0 Å². The summed E-state index contributed by atoms with van der Waals surface area (Å²) in [5.41, 5.74) is 7.54. The van der Waals surface area contributed by atoms with Crippen molar-refractivity contribution < 1.29 is 9.53 Å². The Labute approximate surface area is 117 Å². The van der Waals surface area contributed by atoms with Crippen molar-refractivity contribution in [3.63, 3.8) is 0 Å². The van der Waals surface area contributed by atoms with E-state index in [9.17, 15) is 4.79 Å². The lowest BCUT2D eigenvalue weighted by Crippen LogP contribution is -2.02. The molecule has 0 fully saturated rings. The van der Waals surface area contributed by atoms with Crippen LogP contribution in [0, 0.1) is 0 Å². The van der Waals surface area contributed by atoms with Crippen molar-refractivity contribution in [2.75, 3.05) is 5.73 Å². The van der Waals surface area contributed by atoms with Gasteiger partial charge in [-0.25, -0.2) is 0 Å². The van der Waals surface area contributed by atoms with Gasteiger partial charge in [-0.1, -0.05) is 29.8 Å². The molecule has 0 unspecified atom stereocenters. The number of nitrogens with two attached hydrogens (primary N) is 1. The Morgan fingerprint density at radius 1 is 1.26 bits per heavy atom. The monoisotopic (exact) mass is 275 g/mol. The van der Waals surface area contributed by atoms with E-state index in [-0.39, 0.29) is 5.78 Å². The molecule has 3 nitrogen and oxygen atoms in total. The van der Waals surface area contributed by atoms with E-state index in [0.29, 0.717) is 28.6 Å². The largest absolute Gasteiger partial charge is 0.489 e. The molecule has 0 bridgehead atoms. The predicted molar refractivity (Wildman–Crippen MR) is 76.6 cm³/mol. The fraction of sp³-hybridized carbons (Fsp3) is 0.133. The number of hydrogen-bond acceptors (Lipinski definition) is 3. The molecule has 2 N–H and O–H groups in total. The molecular formula is C15H14ClNO2. The van der Waals surface area contributed by atoms with Gasteiger partial charge in [0.2, 0.25) is 0 Å². The molecule has 0 aliphatic carbocycles. The average Bonchev–Trinajstić information content (AvgIpc) is 2.39. The fourth-order valence-corrected chi connectivity index (χ4v) is 1.90. The zero-order chi connectivity index (χ0) is 13.8. The van der Waals surface area contributed by atoms with Gasteiger partial charge in [0.05, 0.1) is 0 Å². The first-order valence-corrected chi connectivity index (χ1v) is 6.22. The van der Waals surface area contributed by atoms with Crippen LogP contribution in [0.15, 0.2) is 42.5 Å². The fourth-order valence-electron chi connectivity index (χ4n) is 1.71. The zero-order valence-corrected chi connectivity index (χ0v) is 11.3. The maximum atomic E-state index is 11.4. The quantitative estimate of drug-likeness (QED) is 0.684. The predicted octanol–water partition coefficient (Wildman–Crippen LogP) is 3.70. The minimum absolute atomic E-state index is 0.0827. The third kappa shape index (κ3) is 3.26. The van der Waals surface area contributed by atoms with Gasteiger partial charge in [-0.2, -0.15) is 0 Å². The molecule has 0 saturated heterocycles. The maximum absolute atomic E-state index is 11.4. The number of ether oxygens (including phenoxy) is 1. The van der Waals surface area contributed by atoms with E-state index in [1.165, 1.54) is 6.92 Å². The van der Waals surface area contributed by atoms with Gasteiger partial charge >= 0.3 is 0 Å². The molecule has 0 amide bonds. The molecule has 0 atom stereocenters. The van der Waals surface area contributed by atoms with Crippen LogP contribution in [-0.2, 0) is 6.61 Å². The van der Waals surface area contributed by atoms with E-state index in [1.807, 2.05) is 24.3 Å². The molecule has 0 aliphatic rings. The number of Topliss-reactive ketones (excluding diaryl/α,β-unsaturated/α-hetero) is 1. The van der Waals surface area contributed by atoms with Crippen LogP contribution < -0.4 is 10.5 Å². The van der Waals surface area contributed by atoms with E-state index in [1.54, 1.807) is 18.2 Å². The summed E-state index contributed by atoms with van der Waals surface area (Å²) in [6.45, 7) is 1.82. The third-order valence-electron chi connectivity index (χ3n) is 2.76. The summed E-state index contributed by atoms with van der Waals surface area (Å²) in [7, 11) is 0. The van der Waals surface area contributed by atoms with Crippen molar-refractivity contribution in [1.29, 1.82) is 0 Å². The molecule has 0 saturated carbocycles. The Hall–Kier alpha value is -2.00. The Bertz CT molecular complexity index is 611. The minimum Gasteiger partial charge on any atom is -0.489 e. The highest BCUT2D eigenvalue weighted by molar-refractivity contribution is 6.31. The van der Waals surface area contributed by atoms with Crippen LogP contribution in [0.5, 0.6) is 5.75 Å². The van der Waals surface area contributed by atoms with Crippen LogP contribution >= 0.6 is 11.6 Å². The van der Waals surface area contributed by atoms with Gasteiger partial charge in [-0.3, -0.25) is 4.79 Å². The molecule has 0 heterocycles. The highest BCUT2D eigenvalue weighted by atomic mass is 35.5. The van der Waals surface area contributed by atoms with Gasteiger partial charge in [0, 0.05) is 21.8 Å². The average molecular weight is 276 g/mol. The topological polar surface area (TPSA) is 52.3 Å². The SMILES string of the molecule is CC(=O)c1cc(OCc2ccccc2Cl)ccc1N. The number of hydrogen-bond donors (Lipinski definition) is 1. The number of benzene rings is 2. The number of anilines is 1. The molecule has 0 aromatic heterocycles. The summed E-state index contributed by atoms with van der Waals surface area (Å²) in [5.74, 6) is 0.514. The molecule has 98 valence electrons. The summed E-state index contributed by atoms with van der Waals surface area (Å²) < 4.78 is 5.63. The lowest BCUT2D eigenvalue weighted by Gasteiger charge is -2.09. The van der Waals surface area contributed by atoms with Crippen LogP contribution in [0.2, 0.25) is 5.02 Å². The van der Waals surface area contributed by atoms with Crippen LogP contribution in [0.25, 0.3) is 0 Å². The summed E-state index contributed by atoms with van der Waals surface area (Å²) in [5, 5.41) is 0.657. The lowest BCUT2D eigenvalue weighted by atomic mass is 10.1. The summed E-state index contributed by atoms with van der Waals surface area (Å²) in [6, 6.07) is 12.5. The Kier molecular flexibility index (Phi) is 4.07. The van der Waals surface area contributed by atoms with Crippen molar-refractivity contribution >= 4 is 23.1 Å². The second-order valence-electron chi connectivity index (χ2n) is 4.19. The molecule has 4 heteroatoms. The zero-order valence-electron chi connectivity index (χ0n) is 10.5.